The van der Waals surface area contributed by atoms with Gasteiger partial charge >= 0.3 is 12.3 Å². The number of hydrogen-bond acceptors (Lipinski definition) is 2. The van der Waals surface area contributed by atoms with E-state index in [-0.39, 0.29) is 19.3 Å². The number of alkyl halides is 3. The van der Waals surface area contributed by atoms with Crippen molar-refractivity contribution in [1.82, 2.24) is 4.90 Å². The highest BCUT2D eigenvalue weighted by molar-refractivity contribution is 5.70. The molecule has 0 atom stereocenters. The maximum Gasteiger partial charge on any atom is 0.410 e. The molecule has 0 aromatic carbocycles. The van der Waals surface area contributed by atoms with Crippen LogP contribution in [0.15, 0.2) is 0 Å². The number of hydrogen-bond donors (Lipinski definition) is 0. The van der Waals surface area contributed by atoms with Crippen molar-refractivity contribution in [2.75, 3.05) is 6.54 Å². The molecule has 0 unspecified atom stereocenters. The summed E-state index contributed by atoms with van der Waals surface area (Å²) in [5.41, 5.74) is -2.79. The van der Waals surface area contributed by atoms with Gasteiger partial charge in [0, 0.05) is 12.1 Å². The normalized spacial score (nSPS) is 33.2. The summed E-state index contributed by atoms with van der Waals surface area (Å²) in [4.78, 5) is 13.5. The Morgan fingerprint density at radius 3 is 2.00 bits per heavy atom. The Kier molecular flexibility index (Phi) is 2.89. The van der Waals surface area contributed by atoms with Crippen molar-refractivity contribution in [1.29, 1.82) is 0 Å². The van der Waals surface area contributed by atoms with Gasteiger partial charge in [-0.05, 0) is 47.0 Å². The highest BCUT2D eigenvalue weighted by Crippen LogP contribution is 2.75. The molecule has 1 amide bonds. The average molecular weight is 279 g/mol. The molecule has 3 aliphatic carbocycles. The summed E-state index contributed by atoms with van der Waals surface area (Å²) in [6.45, 7) is 7.39. The third kappa shape index (κ3) is 2.09. The van der Waals surface area contributed by atoms with E-state index in [1.807, 2.05) is 0 Å². The monoisotopic (exact) mass is 279 g/mol. The van der Waals surface area contributed by atoms with Gasteiger partial charge in [0.15, 0.2) is 0 Å². The molecule has 0 saturated heterocycles. The van der Waals surface area contributed by atoms with Crippen molar-refractivity contribution in [3.63, 3.8) is 0 Å². The number of ether oxygens (including phenoxy) is 1. The number of carbonyl (C=O) groups excluding carboxylic acids is 1. The molecule has 6 heteroatoms. The van der Waals surface area contributed by atoms with E-state index in [0.29, 0.717) is 6.54 Å². The Morgan fingerprint density at radius 1 is 1.21 bits per heavy atom. The largest absolute Gasteiger partial charge is 0.444 e. The molecule has 0 radical (unpaired) electrons. The maximum atomic E-state index is 12.8. The van der Waals surface area contributed by atoms with E-state index < -0.39 is 28.8 Å². The topological polar surface area (TPSA) is 29.5 Å². The molecular weight excluding hydrogens is 259 g/mol. The second-order valence-electron chi connectivity index (χ2n) is 6.76. The Morgan fingerprint density at radius 2 is 1.68 bits per heavy atom. The number of halogens is 3. The molecule has 3 aliphatic rings. The molecule has 3 fully saturated rings. The number of nitrogens with zero attached hydrogens (tertiary/aromatic N) is 1. The molecule has 110 valence electrons. The van der Waals surface area contributed by atoms with Crippen LogP contribution < -0.4 is 0 Å². The lowest BCUT2D eigenvalue weighted by Crippen LogP contribution is -2.79. The van der Waals surface area contributed by atoms with Crippen molar-refractivity contribution in [3.05, 3.63) is 0 Å². The molecule has 0 aromatic heterocycles. The Bertz CT molecular complexity index is 378. The Hall–Kier alpha value is -0.940. The lowest BCUT2D eigenvalue weighted by atomic mass is 9.38. The first-order chi connectivity index (χ1) is 8.45. The number of amides is 1. The molecule has 3 nitrogen and oxygen atoms in total. The fraction of sp³-hybridized carbons (Fsp3) is 0.923. The number of rotatable bonds is 2. The zero-order chi connectivity index (χ0) is 14.7. The first kappa shape index (κ1) is 14.5. The van der Waals surface area contributed by atoms with E-state index in [4.69, 9.17) is 4.74 Å². The van der Waals surface area contributed by atoms with Gasteiger partial charge in [0.25, 0.3) is 0 Å². The second-order valence-corrected chi connectivity index (χ2v) is 6.76. The summed E-state index contributed by atoms with van der Waals surface area (Å²) in [5.74, 6) is 0. The van der Waals surface area contributed by atoms with Gasteiger partial charge in [-0.25, -0.2) is 4.79 Å². The Balaban J connectivity index is 2.02. The second kappa shape index (κ2) is 3.79. The molecule has 0 heterocycles. The summed E-state index contributed by atoms with van der Waals surface area (Å²) < 4.78 is 43.7. The molecule has 0 spiro atoms. The van der Waals surface area contributed by atoms with Crippen LogP contribution >= 0.6 is 0 Å². The van der Waals surface area contributed by atoms with Crippen molar-refractivity contribution < 1.29 is 22.7 Å². The highest BCUT2D eigenvalue weighted by Gasteiger charge is 2.80. The SMILES string of the molecule is CCN(C(=O)OC(C)(C)C)C12CC(C(F)(F)F)(C1)C2. The molecule has 0 aliphatic heterocycles. The van der Waals surface area contributed by atoms with E-state index in [0.717, 1.165) is 0 Å². The van der Waals surface area contributed by atoms with Gasteiger partial charge < -0.3 is 9.64 Å². The van der Waals surface area contributed by atoms with Crippen LogP contribution in [0.1, 0.15) is 47.0 Å². The summed E-state index contributed by atoms with van der Waals surface area (Å²) in [7, 11) is 0. The van der Waals surface area contributed by atoms with Gasteiger partial charge in [-0.2, -0.15) is 13.2 Å². The van der Waals surface area contributed by atoms with Gasteiger partial charge in [-0.3, -0.25) is 0 Å². The van der Waals surface area contributed by atoms with E-state index in [1.54, 1.807) is 27.7 Å². The Labute approximate surface area is 111 Å². The van der Waals surface area contributed by atoms with Crippen molar-refractivity contribution >= 4 is 6.09 Å². The zero-order valence-corrected chi connectivity index (χ0v) is 11.7. The minimum absolute atomic E-state index is 0.0244. The van der Waals surface area contributed by atoms with Crippen LogP contribution in [0.5, 0.6) is 0 Å². The summed E-state index contributed by atoms with van der Waals surface area (Å²) in [6, 6.07) is 0. The molecular formula is C13H20F3NO2. The molecule has 0 N–H and O–H groups in total. The lowest BCUT2D eigenvalue weighted by molar-refractivity contribution is -0.357. The van der Waals surface area contributed by atoms with Crippen molar-refractivity contribution in [2.45, 2.75) is 64.3 Å². The van der Waals surface area contributed by atoms with Crippen LogP contribution in [0.25, 0.3) is 0 Å². The first-order valence-electron chi connectivity index (χ1n) is 6.52. The molecule has 19 heavy (non-hydrogen) atoms. The first-order valence-corrected chi connectivity index (χ1v) is 6.52. The molecule has 3 rings (SSSR count). The minimum Gasteiger partial charge on any atom is -0.444 e. The van der Waals surface area contributed by atoms with Gasteiger partial charge in [-0.15, -0.1) is 0 Å². The fourth-order valence-electron chi connectivity index (χ4n) is 3.30. The fourth-order valence-corrected chi connectivity index (χ4v) is 3.30. The van der Waals surface area contributed by atoms with Crippen LogP contribution in [-0.2, 0) is 4.74 Å². The van der Waals surface area contributed by atoms with Crippen LogP contribution in [0.3, 0.4) is 0 Å². The minimum atomic E-state index is -4.15. The summed E-state index contributed by atoms with van der Waals surface area (Å²) in [5, 5.41) is 0. The van der Waals surface area contributed by atoms with Crippen LogP contribution in [0.4, 0.5) is 18.0 Å². The molecule has 2 bridgehead atoms. The maximum absolute atomic E-state index is 12.8. The van der Waals surface area contributed by atoms with Gasteiger partial charge in [0.2, 0.25) is 0 Å². The zero-order valence-electron chi connectivity index (χ0n) is 11.7. The van der Waals surface area contributed by atoms with E-state index in [2.05, 4.69) is 0 Å². The van der Waals surface area contributed by atoms with Crippen molar-refractivity contribution in [2.24, 2.45) is 5.41 Å². The average Bonchev–Trinajstić information content (AvgIpc) is 2.01. The van der Waals surface area contributed by atoms with Crippen LogP contribution in [-0.4, -0.2) is 34.9 Å². The molecule has 0 aromatic rings. The van der Waals surface area contributed by atoms with E-state index in [1.165, 1.54) is 4.90 Å². The smallest absolute Gasteiger partial charge is 0.410 e. The van der Waals surface area contributed by atoms with Crippen LogP contribution in [0.2, 0.25) is 0 Å². The van der Waals surface area contributed by atoms with E-state index >= 15 is 0 Å². The predicted molar refractivity (Wildman–Crippen MR) is 63.7 cm³/mol. The third-order valence-corrected chi connectivity index (χ3v) is 4.11. The summed E-state index contributed by atoms with van der Waals surface area (Å²) in [6.07, 6.45) is -4.59. The van der Waals surface area contributed by atoms with E-state index in [9.17, 15) is 18.0 Å². The standard InChI is InChI=1S/C13H20F3NO2/c1-5-17(9(18)19-10(2,3)4)12-6-11(7-12,8-12)13(14,15)16/h5-8H2,1-4H3. The van der Waals surface area contributed by atoms with Gasteiger partial charge in [-0.1, -0.05) is 0 Å². The van der Waals surface area contributed by atoms with Gasteiger partial charge in [0.1, 0.15) is 5.60 Å². The molecule has 3 saturated carbocycles. The highest BCUT2D eigenvalue weighted by atomic mass is 19.4. The van der Waals surface area contributed by atoms with Crippen molar-refractivity contribution in [3.8, 4) is 0 Å². The van der Waals surface area contributed by atoms with Gasteiger partial charge in [0.05, 0.1) is 5.41 Å². The van der Waals surface area contributed by atoms with Crippen LogP contribution in [0, 0.1) is 5.41 Å². The number of carbonyl (C=O) groups is 1. The summed E-state index contributed by atoms with van der Waals surface area (Å²) >= 11 is 0. The quantitative estimate of drug-likeness (QED) is 0.771. The third-order valence-electron chi connectivity index (χ3n) is 4.11. The predicted octanol–water partition coefficient (Wildman–Crippen LogP) is 3.73. The lowest BCUT2D eigenvalue weighted by Gasteiger charge is -2.73.